The number of halogens is 1. The molecule has 1 heterocycles. The molecule has 0 aromatic heterocycles. The predicted molar refractivity (Wildman–Crippen MR) is 78.7 cm³/mol. The van der Waals surface area contributed by atoms with Gasteiger partial charge in [0.2, 0.25) is 0 Å². The topological polar surface area (TPSA) is 72.9 Å². The molecule has 1 aliphatic rings. The molecule has 1 aromatic carbocycles. The van der Waals surface area contributed by atoms with E-state index < -0.39 is 23.9 Å². The molecule has 22 heavy (non-hydrogen) atoms. The monoisotopic (exact) mass is 325 g/mol. The lowest BCUT2D eigenvalue weighted by Gasteiger charge is -2.19. The number of alkyl halides is 1. The van der Waals surface area contributed by atoms with E-state index in [0.29, 0.717) is 11.1 Å². The summed E-state index contributed by atoms with van der Waals surface area (Å²) in [5, 5.41) is 0. The van der Waals surface area contributed by atoms with Crippen LogP contribution in [0.25, 0.3) is 0 Å². The molecule has 0 saturated heterocycles. The van der Waals surface area contributed by atoms with Gasteiger partial charge in [0, 0.05) is 5.88 Å². The Balaban J connectivity index is 1.96. The average molecular weight is 326 g/mol. The summed E-state index contributed by atoms with van der Waals surface area (Å²) in [6, 6.07) is 6.56. The fourth-order valence-electron chi connectivity index (χ4n) is 2.10. The van der Waals surface area contributed by atoms with Crippen LogP contribution in [0.15, 0.2) is 24.3 Å². The zero-order chi connectivity index (χ0) is 16.1. The second-order valence-corrected chi connectivity index (χ2v) is 4.97. The summed E-state index contributed by atoms with van der Waals surface area (Å²) in [6.45, 7) is 1.72. The number of hydrogen-bond donors (Lipinski definition) is 0. The van der Waals surface area contributed by atoms with Crippen molar-refractivity contribution < 1.29 is 23.9 Å². The largest absolute Gasteiger partial charge is 0.466 e. The van der Waals surface area contributed by atoms with Crippen molar-refractivity contribution in [3.8, 4) is 0 Å². The molecular formula is C15H16ClNO5. The van der Waals surface area contributed by atoms with Crippen LogP contribution in [0.2, 0.25) is 0 Å². The number of imide groups is 1. The van der Waals surface area contributed by atoms with Crippen LogP contribution in [0.4, 0.5) is 0 Å². The molecule has 1 atom stereocenters. The molecule has 0 fully saturated rings. The highest BCUT2D eigenvalue weighted by Crippen LogP contribution is 2.22. The number of esters is 1. The SMILES string of the molecule is CCOC(=O)C[C@H](CCl)OCN1C(=O)c2ccccc2C1=O. The van der Waals surface area contributed by atoms with Crippen molar-refractivity contribution in [1.82, 2.24) is 4.90 Å². The van der Waals surface area contributed by atoms with Crippen LogP contribution < -0.4 is 0 Å². The first-order chi connectivity index (χ1) is 10.6. The Morgan fingerprint density at radius 1 is 1.23 bits per heavy atom. The zero-order valence-electron chi connectivity index (χ0n) is 12.1. The van der Waals surface area contributed by atoms with Gasteiger partial charge in [0.05, 0.1) is 30.3 Å². The number of fused-ring (bicyclic) bond motifs is 1. The van der Waals surface area contributed by atoms with Crippen LogP contribution in [0.3, 0.4) is 0 Å². The third kappa shape index (κ3) is 3.45. The van der Waals surface area contributed by atoms with Crippen LogP contribution in [-0.2, 0) is 14.3 Å². The summed E-state index contributed by atoms with van der Waals surface area (Å²) in [5.74, 6) is -1.20. The molecule has 1 aromatic rings. The minimum Gasteiger partial charge on any atom is -0.466 e. The maximum atomic E-state index is 12.1. The van der Waals surface area contributed by atoms with Gasteiger partial charge in [-0.05, 0) is 19.1 Å². The number of rotatable bonds is 7. The van der Waals surface area contributed by atoms with E-state index in [0.717, 1.165) is 4.90 Å². The molecule has 7 heteroatoms. The van der Waals surface area contributed by atoms with Gasteiger partial charge in [0.25, 0.3) is 11.8 Å². The number of amides is 2. The molecule has 0 spiro atoms. The average Bonchev–Trinajstić information content (AvgIpc) is 2.76. The number of nitrogens with zero attached hydrogens (tertiary/aromatic N) is 1. The third-order valence-electron chi connectivity index (χ3n) is 3.19. The molecule has 6 nitrogen and oxygen atoms in total. The maximum absolute atomic E-state index is 12.1. The van der Waals surface area contributed by atoms with Gasteiger partial charge >= 0.3 is 5.97 Å². The lowest BCUT2D eigenvalue weighted by atomic mass is 10.1. The van der Waals surface area contributed by atoms with Gasteiger partial charge in [0.1, 0.15) is 6.73 Å². The van der Waals surface area contributed by atoms with Crippen molar-refractivity contribution in [2.45, 2.75) is 19.4 Å². The minimum absolute atomic E-state index is 0.0273. The van der Waals surface area contributed by atoms with E-state index in [2.05, 4.69) is 0 Å². The predicted octanol–water partition coefficient (Wildman–Crippen LogP) is 1.82. The second-order valence-electron chi connectivity index (χ2n) is 4.67. The number of ether oxygens (including phenoxy) is 2. The van der Waals surface area contributed by atoms with Gasteiger partial charge in [0.15, 0.2) is 0 Å². The van der Waals surface area contributed by atoms with Crippen LogP contribution in [0.5, 0.6) is 0 Å². The molecule has 2 amide bonds. The summed E-state index contributed by atoms with van der Waals surface area (Å²) in [7, 11) is 0. The molecule has 2 rings (SSSR count). The molecule has 0 N–H and O–H groups in total. The summed E-state index contributed by atoms with van der Waals surface area (Å²) < 4.78 is 10.2. The normalized spacial score (nSPS) is 14.9. The van der Waals surface area contributed by atoms with E-state index in [1.54, 1.807) is 31.2 Å². The smallest absolute Gasteiger partial charge is 0.308 e. The Labute approximate surface area is 132 Å². The Bertz CT molecular complexity index is 554. The highest BCUT2D eigenvalue weighted by molar-refractivity contribution is 6.21. The van der Waals surface area contributed by atoms with Gasteiger partial charge in [-0.1, -0.05) is 12.1 Å². The molecule has 0 aliphatic carbocycles. The Morgan fingerprint density at radius 2 is 1.82 bits per heavy atom. The Hall–Kier alpha value is -1.92. The van der Waals surface area contributed by atoms with Crippen molar-refractivity contribution in [3.63, 3.8) is 0 Å². The molecule has 0 unspecified atom stereocenters. The van der Waals surface area contributed by atoms with Crippen molar-refractivity contribution in [3.05, 3.63) is 35.4 Å². The molecular weight excluding hydrogens is 310 g/mol. The molecule has 0 radical (unpaired) electrons. The van der Waals surface area contributed by atoms with E-state index in [4.69, 9.17) is 21.1 Å². The Morgan fingerprint density at radius 3 is 2.32 bits per heavy atom. The van der Waals surface area contributed by atoms with Crippen LogP contribution >= 0.6 is 11.6 Å². The third-order valence-corrected chi connectivity index (χ3v) is 3.53. The standard InChI is InChI=1S/C15H16ClNO5/c1-2-21-13(18)7-10(8-16)22-9-17-14(19)11-5-3-4-6-12(11)15(17)20/h3-6,10H,2,7-9H2,1H3/t10-/m1/s1. The highest BCUT2D eigenvalue weighted by Gasteiger charge is 2.35. The second kappa shape index (κ2) is 7.38. The lowest BCUT2D eigenvalue weighted by molar-refractivity contribution is -0.146. The molecule has 0 saturated carbocycles. The van der Waals surface area contributed by atoms with Crippen molar-refractivity contribution >= 4 is 29.4 Å². The molecule has 1 aliphatic heterocycles. The van der Waals surface area contributed by atoms with E-state index in [-0.39, 0.29) is 25.6 Å². The number of carbonyl (C=O) groups is 3. The lowest BCUT2D eigenvalue weighted by Crippen LogP contribution is -2.35. The fraction of sp³-hybridized carbons (Fsp3) is 0.400. The minimum atomic E-state index is -0.620. The van der Waals surface area contributed by atoms with Crippen LogP contribution in [-0.4, -0.2) is 48.0 Å². The van der Waals surface area contributed by atoms with Crippen molar-refractivity contribution in [1.29, 1.82) is 0 Å². The molecule has 118 valence electrons. The van der Waals surface area contributed by atoms with Crippen LogP contribution in [0.1, 0.15) is 34.1 Å². The summed E-state index contributed by atoms with van der Waals surface area (Å²) in [5.41, 5.74) is 0.702. The summed E-state index contributed by atoms with van der Waals surface area (Å²) in [4.78, 5) is 36.7. The zero-order valence-corrected chi connectivity index (χ0v) is 12.8. The van der Waals surface area contributed by atoms with Gasteiger partial charge in [-0.25, -0.2) is 4.90 Å². The maximum Gasteiger partial charge on any atom is 0.308 e. The fourth-order valence-corrected chi connectivity index (χ4v) is 2.30. The van der Waals surface area contributed by atoms with Gasteiger partial charge < -0.3 is 9.47 Å². The summed E-state index contributed by atoms with van der Waals surface area (Å²) in [6.07, 6.45) is -0.648. The van der Waals surface area contributed by atoms with Crippen molar-refractivity contribution in [2.75, 3.05) is 19.2 Å². The van der Waals surface area contributed by atoms with E-state index in [1.807, 2.05) is 0 Å². The number of benzene rings is 1. The van der Waals surface area contributed by atoms with Gasteiger partial charge in [-0.2, -0.15) is 0 Å². The first-order valence-corrected chi connectivity index (χ1v) is 7.40. The molecule has 0 bridgehead atoms. The Kier molecular flexibility index (Phi) is 5.51. The quantitative estimate of drug-likeness (QED) is 0.434. The van der Waals surface area contributed by atoms with E-state index in [9.17, 15) is 14.4 Å². The van der Waals surface area contributed by atoms with Crippen molar-refractivity contribution in [2.24, 2.45) is 0 Å². The first-order valence-electron chi connectivity index (χ1n) is 6.86. The van der Waals surface area contributed by atoms with Gasteiger partial charge in [-0.3, -0.25) is 14.4 Å². The van der Waals surface area contributed by atoms with E-state index in [1.165, 1.54) is 0 Å². The number of hydrogen-bond acceptors (Lipinski definition) is 5. The van der Waals surface area contributed by atoms with Crippen LogP contribution in [0, 0.1) is 0 Å². The highest BCUT2D eigenvalue weighted by atomic mass is 35.5. The summed E-state index contributed by atoms with van der Waals surface area (Å²) >= 11 is 5.74. The number of carbonyl (C=O) groups excluding carboxylic acids is 3. The van der Waals surface area contributed by atoms with E-state index >= 15 is 0 Å². The van der Waals surface area contributed by atoms with Gasteiger partial charge in [-0.15, -0.1) is 11.6 Å². The first kappa shape index (κ1) is 16.5.